The van der Waals surface area contributed by atoms with E-state index in [0.29, 0.717) is 0 Å². The third kappa shape index (κ3) is 9.69. The molecule has 2 atom stereocenters. The van der Waals surface area contributed by atoms with Crippen LogP contribution in [0.1, 0.15) is 34.1 Å². The first-order chi connectivity index (χ1) is 9.85. The Morgan fingerprint density at radius 1 is 1.18 bits per heavy atom. The van der Waals surface area contributed by atoms with Crippen LogP contribution in [0.5, 0.6) is 0 Å². The zero-order valence-corrected chi connectivity index (χ0v) is 14.4. The highest BCUT2D eigenvalue weighted by atomic mass is 32.2. The first kappa shape index (κ1) is 20.8. The molecule has 0 radical (unpaired) electrons. The third-order valence-electron chi connectivity index (χ3n) is 2.35. The predicted octanol–water partition coefficient (Wildman–Crippen LogP) is 0.201. The third-order valence-corrected chi connectivity index (χ3v) is 2.92. The zero-order valence-electron chi connectivity index (χ0n) is 13.6. The minimum Gasteiger partial charge on any atom is -0.465 e. The Balaban J connectivity index is 4.92. The minimum atomic E-state index is -3.73. The maximum absolute atomic E-state index is 12.1. The van der Waals surface area contributed by atoms with E-state index in [4.69, 9.17) is 15.2 Å². The Morgan fingerprint density at radius 3 is 2.14 bits per heavy atom. The number of esters is 2. The van der Waals surface area contributed by atoms with Crippen LogP contribution in [0.15, 0.2) is 0 Å². The number of carbonyl (C=O) groups excluding carboxylic acids is 2. The Kier molecular flexibility index (Phi) is 7.99. The fourth-order valence-electron chi connectivity index (χ4n) is 1.48. The highest BCUT2D eigenvalue weighted by Crippen LogP contribution is 2.16. The van der Waals surface area contributed by atoms with Gasteiger partial charge in [0.15, 0.2) is 0 Å². The van der Waals surface area contributed by atoms with E-state index >= 15 is 0 Å². The van der Waals surface area contributed by atoms with Gasteiger partial charge in [-0.15, -0.1) is 0 Å². The van der Waals surface area contributed by atoms with Gasteiger partial charge in [0.2, 0.25) is 0 Å². The summed E-state index contributed by atoms with van der Waals surface area (Å²) in [6.45, 7) is 6.35. The summed E-state index contributed by atoms with van der Waals surface area (Å²) < 4.78 is 36.7. The second-order valence-electron chi connectivity index (χ2n) is 5.81. The molecule has 0 aliphatic rings. The first-order valence-electron chi connectivity index (χ1n) is 6.85. The van der Waals surface area contributed by atoms with Crippen LogP contribution in [0.4, 0.5) is 0 Å². The minimum absolute atomic E-state index is 0.136. The number of rotatable bonds is 8. The summed E-state index contributed by atoms with van der Waals surface area (Å²) in [4.78, 5) is 23.6. The molecule has 0 aliphatic heterocycles. The summed E-state index contributed by atoms with van der Waals surface area (Å²) >= 11 is 0. The van der Waals surface area contributed by atoms with Gasteiger partial charge in [-0.2, -0.15) is 8.42 Å². The lowest BCUT2D eigenvalue weighted by Crippen LogP contribution is -2.39. The molecular formula is C13H25NO7S. The molecule has 0 bridgehead atoms. The summed E-state index contributed by atoms with van der Waals surface area (Å²) in [5.41, 5.74) is 4.90. The van der Waals surface area contributed by atoms with Crippen molar-refractivity contribution in [1.82, 2.24) is 0 Å². The van der Waals surface area contributed by atoms with Crippen molar-refractivity contribution < 1.29 is 31.7 Å². The first-order valence-corrected chi connectivity index (χ1v) is 8.67. The zero-order chi connectivity index (χ0) is 17.6. The monoisotopic (exact) mass is 339 g/mol. The van der Waals surface area contributed by atoms with Gasteiger partial charge in [-0.3, -0.25) is 13.8 Å². The van der Waals surface area contributed by atoms with E-state index in [0.717, 1.165) is 6.26 Å². The van der Waals surface area contributed by atoms with Gasteiger partial charge in [-0.25, -0.2) is 0 Å². The molecule has 0 rings (SSSR count). The van der Waals surface area contributed by atoms with Crippen molar-refractivity contribution >= 4 is 22.1 Å². The van der Waals surface area contributed by atoms with Crippen molar-refractivity contribution in [2.45, 2.75) is 45.8 Å². The number of nitrogens with two attached hydrogens (primary N) is 1. The molecule has 0 fully saturated rings. The molecule has 1 unspecified atom stereocenters. The van der Waals surface area contributed by atoms with E-state index in [9.17, 15) is 18.0 Å². The van der Waals surface area contributed by atoms with Crippen LogP contribution in [-0.4, -0.2) is 51.5 Å². The number of ether oxygens (including phenoxy) is 2. The van der Waals surface area contributed by atoms with Crippen LogP contribution in [0, 0.1) is 5.92 Å². The molecule has 8 nitrogen and oxygen atoms in total. The SMILES string of the molecule is CCOC(=O)[C@H](N)CC(COS(C)(=O)=O)C(=O)OC(C)(C)C. The van der Waals surface area contributed by atoms with E-state index in [1.807, 2.05) is 0 Å². The van der Waals surface area contributed by atoms with Gasteiger partial charge in [-0.1, -0.05) is 0 Å². The van der Waals surface area contributed by atoms with Crippen molar-refractivity contribution in [2.24, 2.45) is 11.7 Å². The molecule has 0 spiro atoms. The molecule has 9 heteroatoms. The van der Waals surface area contributed by atoms with Crippen LogP contribution in [0.25, 0.3) is 0 Å². The quantitative estimate of drug-likeness (QED) is 0.491. The van der Waals surface area contributed by atoms with E-state index in [1.54, 1.807) is 27.7 Å². The maximum atomic E-state index is 12.1. The average Bonchev–Trinajstić information content (AvgIpc) is 2.30. The Bertz CT molecular complexity index is 481. The van der Waals surface area contributed by atoms with Crippen molar-refractivity contribution in [1.29, 1.82) is 0 Å². The summed E-state index contributed by atoms with van der Waals surface area (Å²) in [7, 11) is -3.73. The summed E-state index contributed by atoms with van der Waals surface area (Å²) in [5.74, 6) is -2.35. The van der Waals surface area contributed by atoms with Crippen molar-refractivity contribution in [3.8, 4) is 0 Å². The van der Waals surface area contributed by atoms with Crippen LogP contribution in [-0.2, 0) is 33.4 Å². The highest BCUT2D eigenvalue weighted by molar-refractivity contribution is 7.85. The van der Waals surface area contributed by atoms with Crippen molar-refractivity contribution in [2.75, 3.05) is 19.5 Å². The molecule has 130 valence electrons. The molecule has 0 saturated carbocycles. The number of carbonyl (C=O) groups is 2. The van der Waals surface area contributed by atoms with E-state index in [-0.39, 0.29) is 13.0 Å². The lowest BCUT2D eigenvalue weighted by Gasteiger charge is -2.24. The van der Waals surface area contributed by atoms with E-state index < -0.39 is 46.2 Å². The molecule has 22 heavy (non-hydrogen) atoms. The number of hydrogen-bond acceptors (Lipinski definition) is 8. The smallest absolute Gasteiger partial charge is 0.322 e. The van der Waals surface area contributed by atoms with Gasteiger partial charge in [0.1, 0.15) is 11.6 Å². The molecule has 0 aliphatic carbocycles. The summed E-state index contributed by atoms with van der Waals surface area (Å²) in [5, 5.41) is 0. The maximum Gasteiger partial charge on any atom is 0.322 e. The average molecular weight is 339 g/mol. The fraction of sp³-hybridized carbons (Fsp3) is 0.846. The van der Waals surface area contributed by atoms with Crippen LogP contribution >= 0.6 is 0 Å². The Labute approximate surface area is 131 Å². The highest BCUT2D eigenvalue weighted by Gasteiger charge is 2.30. The van der Waals surface area contributed by atoms with Crippen LogP contribution in [0.3, 0.4) is 0 Å². The lowest BCUT2D eigenvalue weighted by molar-refractivity contribution is -0.161. The van der Waals surface area contributed by atoms with Gasteiger partial charge in [0.05, 0.1) is 25.4 Å². The normalized spacial score (nSPS) is 15.0. The lowest BCUT2D eigenvalue weighted by atomic mass is 10.0. The van der Waals surface area contributed by atoms with Gasteiger partial charge >= 0.3 is 11.9 Å². The summed E-state index contributed by atoms with van der Waals surface area (Å²) in [6.07, 6.45) is 0.730. The Morgan fingerprint density at radius 2 is 1.73 bits per heavy atom. The van der Waals surface area contributed by atoms with Crippen molar-refractivity contribution in [3.05, 3.63) is 0 Å². The fourth-order valence-corrected chi connectivity index (χ4v) is 1.89. The second-order valence-corrected chi connectivity index (χ2v) is 7.46. The molecule has 0 heterocycles. The van der Waals surface area contributed by atoms with Crippen LogP contribution in [0.2, 0.25) is 0 Å². The van der Waals surface area contributed by atoms with Gasteiger partial charge in [0, 0.05) is 0 Å². The molecular weight excluding hydrogens is 314 g/mol. The van der Waals surface area contributed by atoms with E-state index in [2.05, 4.69) is 4.18 Å². The molecule has 0 aromatic rings. The van der Waals surface area contributed by atoms with Gasteiger partial charge in [0.25, 0.3) is 10.1 Å². The molecule has 0 aromatic heterocycles. The molecule has 0 amide bonds. The van der Waals surface area contributed by atoms with Gasteiger partial charge in [-0.05, 0) is 34.1 Å². The molecule has 0 saturated heterocycles. The standard InChI is InChI=1S/C13H25NO7S/c1-6-19-12(16)10(14)7-9(8-20-22(5,17)18)11(15)21-13(2,3)4/h9-10H,6-8,14H2,1-5H3/t9?,10-/m1/s1. The second kappa shape index (κ2) is 8.44. The number of hydrogen-bond donors (Lipinski definition) is 1. The van der Waals surface area contributed by atoms with Crippen LogP contribution < -0.4 is 5.73 Å². The van der Waals surface area contributed by atoms with E-state index in [1.165, 1.54) is 0 Å². The van der Waals surface area contributed by atoms with Crippen molar-refractivity contribution in [3.63, 3.8) is 0 Å². The Hall–Kier alpha value is -1.19. The summed E-state index contributed by atoms with van der Waals surface area (Å²) in [6, 6.07) is -1.07. The topological polar surface area (TPSA) is 122 Å². The largest absolute Gasteiger partial charge is 0.465 e. The van der Waals surface area contributed by atoms with Gasteiger partial charge < -0.3 is 15.2 Å². The predicted molar refractivity (Wildman–Crippen MR) is 79.4 cm³/mol. The molecule has 2 N–H and O–H groups in total. The molecule has 0 aromatic carbocycles.